The van der Waals surface area contributed by atoms with Crippen LogP contribution in [0.25, 0.3) is 0 Å². The van der Waals surface area contributed by atoms with Crippen LogP contribution in [0.2, 0.25) is 0 Å². The molecule has 0 rings (SSSR count). The molecule has 0 atom stereocenters. The highest BCUT2D eigenvalue weighted by Gasteiger charge is 2.15. The van der Waals surface area contributed by atoms with Crippen LogP contribution in [-0.4, -0.2) is 50.8 Å². The van der Waals surface area contributed by atoms with Crippen molar-refractivity contribution in [2.75, 3.05) is 33.4 Å². The van der Waals surface area contributed by atoms with Gasteiger partial charge in [-0.05, 0) is 20.8 Å². The van der Waals surface area contributed by atoms with Gasteiger partial charge >= 0.3 is 5.97 Å². The predicted octanol–water partition coefficient (Wildman–Crippen LogP) is 0.0704. The highest BCUT2D eigenvalue weighted by atomic mass is 16.6. The molecule has 0 radical (unpaired) electrons. The fraction of sp³-hybridized carbons (Fsp3) is 0.833. The largest absolute Gasteiger partial charge is 0.459 e. The molecule has 1 amide bonds. The molecular weight excluding hydrogens is 236 g/mol. The van der Waals surface area contributed by atoms with Crippen molar-refractivity contribution in [3.05, 3.63) is 0 Å². The van der Waals surface area contributed by atoms with Crippen LogP contribution in [0.15, 0.2) is 0 Å². The molecule has 0 bridgehead atoms. The molecule has 0 fully saturated rings. The number of nitrogens with one attached hydrogen (secondary N) is 2. The van der Waals surface area contributed by atoms with Crippen molar-refractivity contribution in [2.24, 2.45) is 0 Å². The molecule has 0 aromatic carbocycles. The van der Waals surface area contributed by atoms with Gasteiger partial charge in [0.1, 0.15) is 5.60 Å². The Morgan fingerprint density at radius 2 is 1.83 bits per heavy atom. The van der Waals surface area contributed by atoms with Gasteiger partial charge in [-0.25, -0.2) is 0 Å². The van der Waals surface area contributed by atoms with Crippen molar-refractivity contribution in [1.29, 1.82) is 0 Å². The minimum Gasteiger partial charge on any atom is -0.459 e. The summed E-state index contributed by atoms with van der Waals surface area (Å²) in [6.45, 7) is 7.00. The lowest BCUT2D eigenvalue weighted by atomic mass is 10.2. The number of rotatable bonds is 8. The summed E-state index contributed by atoms with van der Waals surface area (Å²) in [7, 11) is 1.58. The normalized spacial score (nSPS) is 11.1. The van der Waals surface area contributed by atoms with E-state index in [0.29, 0.717) is 26.1 Å². The van der Waals surface area contributed by atoms with Crippen molar-refractivity contribution in [3.8, 4) is 0 Å². The smallest absolute Gasteiger partial charge is 0.320 e. The Balaban J connectivity index is 3.50. The zero-order valence-electron chi connectivity index (χ0n) is 11.7. The van der Waals surface area contributed by atoms with Crippen molar-refractivity contribution in [1.82, 2.24) is 10.6 Å². The topological polar surface area (TPSA) is 76.7 Å². The lowest BCUT2D eigenvalue weighted by Crippen LogP contribution is -2.34. The molecule has 0 spiro atoms. The van der Waals surface area contributed by atoms with Crippen molar-refractivity contribution < 1.29 is 19.1 Å². The van der Waals surface area contributed by atoms with Crippen molar-refractivity contribution >= 4 is 11.9 Å². The number of carbonyl (C=O) groups is 2. The van der Waals surface area contributed by atoms with E-state index in [9.17, 15) is 9.59 Å². The van der Waals surface area contributed by atoms with Crippen LogP contribution in [-0.2, 0) is 19.1 Å². The second-order valence-electron chi connectivity index (χ2n) is 4.86. The molecule has 0 aliphatic rings. The molecule has 0 aliphatic heterocycles. The zero-order valence-corrected chi connectivity index (χ0v) is 11.7. The van der Waals surface area contributed by atoms with Gasteiger partial charge in [0.05, 0.1) is 13.2 Å². The average molecular weight is 260 g/mol. The Hall–Kier alpha value is -1.14. The summed E-state index contributed by atoms with van der Waals surface area (Å²) in [6, 6.07) is 0. The van der Waals surface area contributed by atoms with Crippen molar-refractivity contribution in [2.45, 2.75) is 32.8 Å². The number of amides is 1. The first-order valence-electron chi connectivity index (χ1n) is 6.03. The molecule has 2 N–H and O–H groups in total. The highest BCUT2D eigenvalue weighted by Crippen LogP contribution is 2.05. The van der Waals surface area contributed by atoms with Crippen LogP contribution in [0, 0.1) is 0 Å². The van der Waals surface area contributed by atoms with E-state index in [1.807, 2.05) is 20.8 Å². The first-order chi connectivity index (χ1) is 8.35. The Morgan fingerprint density at radius 1 is 1.17 bits per heavy atom. The van der Waals surface area contributed by atoms with E-state index in [-0.39, 0.29) is 18.4 Å². The van der Waals surface area contributed by atoms with Gasteiger partial charge in [0.15, 0.2) is 0 Å². The van der Waals surface area contributed by atoms with Crippen molar-refractivity contribution in [3.63, 3.8) is 0 Å². The van der Waals surface area contributed by atoms with Crippen LogP contribution in [0.3, 0.4) is 0 Å². The standard InChI is InChI=1S/C12H24N2O4/c1-12(2,3)18-11(16)9-13-6-5-10(15)14-7-8-17-4/h13H,5-9H2,1-4H3,(H,14,15). The van der Waals surface area contributed by atoms with Crippen LogP contribution >= 0.6 is 0 Å². The Morgan fingerprint density at radius 3 is 2.39 bits per heavy atom. The number of ether oxygens (including phenoxy) is 2. The SMILES string of the molecule is COCCNC(=O)CCNCC(=O)OC(C)(C)C. The maximum atomic E-state index is 11.3. The number of hydrogen-bond donors (Lipinski definition) is 2. The van der Waals surface area contributed by atoms with E-state index < -0.39 is 5.60 Å². The second-order valence-corrected chi connectivity index (χ2v) is 4.86. The lowest BCUT2D eigenvalue weighted by Gasteiger charge is -2.19. The summed E-state index contributed by atoms with van der Waals surface area (Å²) in [5.74, 6) is -0.383. The van der Waals surface area contributed by atoms with Crippen LogP contribution in [0.4, 0.5) is 0 Å². The van der Waals surface area contributed by atoms with E-state index in [1.54, 1.807) is 7.11 Å². The maximum Gasteiger partial charge on any atom is 0.320 e. The van der Waals surface area contributed by atoms with Gasteiger partial charge in [0.2, 0.25) is 5.91 Å². The van der Waals surface area contributed by atoms with Gasteiger partial charge in [0, 0.05) is 26.6 Å². The Bertz CT molecular complexity index is 261. The van der Waals surface area contributed by atoms with E-state index in [2.05, 4.69) is 10.6 Å². The molecule has 106 valence electrons. The molecular formula is C12H24N2O4. The van der Waals surface area contributed by atoms with Crippen LogP contribution in [0.5, 0.6) is 0 Å². The molecule has 0 heterocycles. The average Bonchev–Trinajstić information content (AvgIpc) is 2.22. The molecule has 0 aliphatic carbocycles. The van der Waals surface area contributed by atoms with Gasteiger partial charge in [-0.2, -0.15) is 0 Å². The minimum atomic E-state index is -0.476. The minimum absolute atomic E-state index is 0.0660. The van der Waals surface area contributed by atoms with E-state index in [4.69, 9.17) is 9.47 Å². The predicted molar refractivity (Wildman–Crippen MR) is 68.2 cm³/mol. The number of carbonyl (C=O) groups excluding carboxylic acids is 2. The van der Waals surface area contributed by atoms with Gasteiger partial charge < -0.3 is 20.1 Å². The van der Waals surface area contributed by atoms with Crippen LogP contribution < -0.4 is 10.6 Å². The molecule has 18 heavy (non-hydrogen) atoms. The highest BCUT2D eigenvalue weighted by molar-refractivity contribution is 5.76. The first-order valence-corrected chi connectivity index (χ1v) is 6.03. The first kappa shape index (κ1) is 16.9. The number of methoxy groups -OCH3 is 1. The monoisotopic (exact) mass is 260 g/mol. The molecule has 0 saturated carbocycles. The number of esters is 1. The fourth-order valence-corrected chi connectivity index (χ4v) is 1.15. The van der Waals surface area contributed by atoms with Crippen LogP contribution in [0.1, 0.15) is 27.2 Å². The van der Waals surface area contributed by atoms with Gasteiger partial charge in [-0.15, -0.1) is 0 Å². The molecule has 6 heteroatoms. The molecule has 0 aromatic heterocycles. The summed E-state index contributed by atoms with van der Waals surface area (Å²) in [4.78, 5) is 22.6. The zero-order chi connectivity index (χ0) is 14.0. The molecule has 6 nitrogen and oxygen atoms in total. The lowest BCUT2D eigenvalue weighted by molar-refractivity contribution is -0.153. The third-order valence-electron chi connectivity index (χ3n) is 1.85. The molecule has 0 unspecified atom stereocenters. The number of hydrogen-bond acceptors (Lipinski definition) is 5. The summed E-state index contributed by atoms with van der Waals surface area (Å²) in [5.41, 5.74) is -0.476. The summed E-state index contributed by atoms with van der Waals surface area (Å²) >= 11 is 0. The van der Waals surface area contributed by atoms with Gasteiger partial charge in [-0.3, -0.25) is 9.59 Å². The third kappa shape index (κ3) is 11.3. The van der Waals surface area contributed by atoms with E-state index in [0.717, 1.165) is 0 Å². The molecule has 0 aromatic rings. The summed E-state index contributed by atoms with van der Waals surface area (Å²) in [6.07, 6.45) is 0.326. The maximum absolute atomic E-state index is 11.3. The quantitative estimate of drug-likeness (QED) is 0.477. The van der Waals surface area contributed by atoms with Gasteiger partial charge in [-0.1, -0.05) is 0 Å². The summed E-state index contributed by atoms with van der Waals surface area (Å²) in [5, 5.41) is 5.55. The van der Waals surface area contributed by atoms with E-state index >= 15 is 0 Å². The fourth-order valence-electron chi connectivity index (χ4n) is 1.15. The van der Waals surface area contributed by atoms with Gasteiger partial charge in [0.25, 0.3) is 0 Å². The second kappa shape index (κ2) is 8.88. The Labute approximate surface area is 108 Å². The van der Waals surface area contributed by atoms with E-state index in [1.165, 1.54) is 0 Å². The summed E-state index contributed by atoms with van der Waals surface area (Å²) < 4.78 is 9.91. The third-order valence-corrected chi connectivity index (χ3v) is 1.85. The Kier molecular flexibility index (Phi) is 8.32. The molecule has 0 saturated heterocycles.